The van der Waals surface area contributed by atoms with Gasteiger partial charge < -0.3 is 0 Å². The Morgan fingerprint density at radius 3 is 2.62 bits per heavy atom. The second kappa shape index (κ2) is 7.17. The van der Waals surface area contributed by atoms with Gasteiger partial charge in [0.1, 0.15) is 22.0 Å². The van der Waals surface area contributed by atoms with Gasteiger partial charge in [0.25, 0.3) is 0 Å². The van der Waals surface area contributed by atoms with Crippen LogP contribution in [0.25, 0.3) is 21.3 Å². The summed E-state index contributed by atoms with van der Waals surface area (Å²) in [4.78, 5) is 11.2. The van der Waals surface area contributed by atoms with Gasteiger partial charge in [0.15, 0.2) is 0 Å². The van der Waals surface area contributed by atoms with Crippen molar-refractivity contribution in [3.63, 3.8) is 0 Å². The van der Waals surface area contributed by atoms with Crippen LogP contribution in [0.3, 0.4) is 0 Å². The number of rotatable bonds is 4. The van der Waals surface area contributed by atoms with Crippen LogP contribution in [-0.4, -0.2) is 9.97 Å². The number of aryl methyl sites for hydroxylation is 2. The molecule has 0 amide bonds. The molecule has 130 valence electrons. The highest BCUT2D eigenvalue weighted by Crippen LogP contribution is 2.41. The number of hydrogen-bond acceptors (Lipinski definition) is 4. The highest BCUT2D eigenvalue weighted by molar-refractivity contribution is 7.98. The van der Waals surface area contributed by atoms with Crippen molar-refractivity contribution >= 4 is 33.3 Å². The van der Waals surface area contributed by atoms with Crippen molar-refractivity contribution in [3.05, 3.63) is 76.7 Å². The van der Waals surface area contributed by atoms with E-state index in [4.69, 9.17) is 0 Å². The second-order valence-electron chi connectivity index (χ2n) is 6.18. The quantitative estimate of drug-likeness (QED) is 0.302. The topological polar surface area (TPSA) is 25.8 Å². The molecule has 0 saturated carbocycles. The molecule has 0 bridgehead atoms. The van der Waals surface area contributed by atoms with Crippen LogP contribution in [0.2, 0.25) is 0 Å². The van der Waals surface area contributed by atoms with Crippen LogP contribution in [0.5, 0.6) is 0 Å². The van der Waals surface area contributed by atoms with Crippen LogP contribution in [0.15, 0.2) is 59.9 Å². The summed E-state index contributed by atoms with van der Waals surface area (Å²) in [7, 11) is 0. The van der Waals surface area contributed by atoms with Crippen molar-refractivity contribution in [1.29, 1.82) is 0 Å². The van der Waals surface area contributed by atoms with Crippen LogP contribution >= 0.6 is 23.1 Å². The molecular formula is C21H17FN2S2. The average molecular weight is 381 g/mol. The zero-order valence-corrected chi connectivity index (χ0v) is 16.1. The molecule has 5 heteroatoms. The maximum atomic E-state index is 13.4. The lowest BCUT2D eigenvalue weighted by Crippen LogP contribution is -1.88. The van der Waals surface area contributed by atoms with Crippen molar-refractivity contribution in [3.8, 4) is 11.1 Å². The Kier molecular flexibility index (Phi) is 4.74. The Bertz CT molecular complexity index is 1070. The average Bonchev–Trinajstić information content (AvgIpc) is 2.97. The molecule has 0 atom stereocenters. The number of hydrogen-bond donors (Lipinski definition) is 0. The maximum Gasteiger partial charge on any atom is 0.128 e. The Morgan fingerprint density at radius 1 is 1.04 bits per heavy atom. The minimum absolute atomic E-state index is 0.206. The normalized spacial score (nSPS) is 11.2. The van der Waals surface area contributed by atoms with E-state index in [1.807, 2.05) is 6.07 Å². The summed E-state index contributed by atoms with van der Waals surface area (Å²) in [5.74, 6) is 0.467. The third-order valence-corrected chi connectivity index (χ3v) is 6.31. The summed E-state index contributed by atoms with van der Waals surface area (Å²) in [5, 5.41) is 2.04. The van der Waals surface area contributed by atoms with Crippen LogP contribution in [-0.2, 0) is 5.75 Å². The first-order valence-corrected chi connectivity index (χ1v) is 10.1. The number of benzene rings is 2. The summed E-state index contributed by atoms with van der Waals surface area (Å²) in [6.07, 6.45) is 1.62. The standard InChI is InChI=1S/C21H17FN2S2/c1-13-6-8-16(9-7-13)18-14(2)26-21-19(18)20(23-12-24-21)25-11-15-4-3-5-17(22)10-15/h3-10,12H,11H2,1-2H3. The van der Waals surface area contributed by atoms with Gasteiger partial charge in [-0.15, -0.1) is 23.1 Å². The highest BCUT2D eigenvalue weighted by atomic mass is 32.2. The molecule has 4 rings (SSSR count). The molecule has 0 saturated heterocycles. The second-order valence-corrected chi connectivity index (χ2v) is 8.34. The van der Waals surface area contributed by atoms with Gasteiger partial charge in [-0.3, -0.25) is 0 Å². The van der Waals surface area contributed by atoms with Gasteiger partial charge in [0.05, 0.1) is 5.39 Å². The van der Waals surface area contributed by atoms with Crippen molar-refractivity contribution in [2.24, 2.45) is 0 Å². The third-order valence-electron chi connectivity index (χ3n) is 4.23. The number of nitrogens with zero attached hydrogens (tertiary/aromatic N) is 2. The van der Waals surface area contributed by atoms with E-state index in [1.165, 1.54) is 27.6 Å². The molecule has 2 heterocycles. The number of fused-ring (bicyclic) bond motifs is 1. The number of thioether (sulfide) groups is 1. The molecule has 2 aromatic carbocycles. The van der Waals surface area contributed by atoms with E-state index in [9.17, 15) is 4.39 Å². The van der Waals surface area contributed by atoms with Crippen LogP contribution in [0.4, 0.5) is 4.39 Å². The molecule has 0 aliphatic carbocycles. The minimum Gasteiger partial charge on any atom is -0.229 e. The van der Waals surface area contributed by atoms with Gasteiger partial charge in [0.2, 0.25) is 0 Å². The monoisotopic (exact) mass is 380 g/mol. The predicted molar refractivity (Wildman–Crippen MR) is 108 cm³/mol. The number of aromatic nitrogens is 2. The molecule has 0 radical (unpaired) electrons. The first-order chi connectivity index (χ1) is 12.6. The van der Waals surface area contributed by atoms with Crippen molar-refractivity contribution in [2.45, 2.75) is 24.6 Å². The highest BCUT2D eigenvalue weighted by Gasteiger charge is 2.17. The number of halogens is 1. The lowest BCUT2D eigenvalue weighted by molar-refractivity contribution is 0.626. The molecule has 26 heavy (non-hydrogen) atoms. The Morgan fingerprint density at radius 2 is 1.85 bits per heavy atom. The smallest absolute Gasteiger partial charge is 0.128 e. The Labute approximate surface area is 160 Å². The Balaban J connectivity index is 1.76. The van der Waals surface area contributed by atoms with Crippen molar-refractivity contribution < 1.29 is 4.39 Å². The molecule has 0 fully saturated rings. The first-order valence-electron chi connectivity index (χ1n) is 8.30. The molecule has 0 aliphatic heterocycles. The van der Waals surface area contributed by atoms with Crippen molar-refractivity contribution in [2.75, 3.05) is 0 Å². The predicted octanol–water partition coefficient (Wildman–Crippen LogP) is 6.41. The Hall–Kier alpha value is -2.24. The molecule has 0 aliphatic rings. The van der Waals surface area contributed by atoms with Crippen molar-refractivity contribution in [1.82, 2.24) is 9.97 Å². The molecule has 0 spiro atoms. The molecule has 2 aromatic heterocycles. The molecule has 0 unspecified atom stereocenters. The molecule has 4 aromatic rings. The summed E-state index contributed by atoms with van der Waals surface area (Å²) < 4.78 is 13.4. The van der Waals surface area contributed by atoms with E-state index in [2.05, 4.69) is 48.1 Å². The fourth-order valence-electron chi connectivity index (χ4n) is 2.97. The van der Waals surface area contributed by atoms with E-state index < -0.39 is 0 Å². The van der Waals surface area contributed by atoms with E-state index in [1.54, 1.807) is 41.6 Å². The fraction of sp³-hybridized carbons (Fsp3) is 0.143. The summed E-state index contributed by atoms with van der Waals surface area (Å²) >= 11 is 3.32. The van der Waals surface area contributed by atoms with Gasteiger partial charge in [-0.25, -0.2) is 14.4 Å². The van der Waals surface area contributed by atoms with Crippen LogP contribution in [0.1, 0.15) is 16.0 Å². The SMILES string of the molecule is Cc1ccc(-c2c(C)sc3ncnc(SCc4cccc(F)c4)c23)cc1. The zero-order chi connectivity index (χ0) is 18.1. The molecule has 2 nitrogen and oxygen atoms in total. The van der Waals surface area contributed by atoms with Gasteiger partial charge >= 0.3 is 0 Å². The fourth-order valence-corrected chi connectivity index (χ4v) is 5.00. The van der Waals surface area contributed by atoms with E-state index in [-0.39, 0.29) is 5.82 Å². The lowest BCUT2D eigenvalue weighted by atomic mass is 10.0. The maximum absolute atomic E-state index is 13.4. The number of thiophene rings is 1. The summed E-state index contributed by atoms with van der Waals surface area (Å²) in [5.41, 5.74) is 4.57. The lowest BCUT2D eigenvalue weighted by Gasteiger charge is -2.07. The zero-order valence-electron chi connectivity index (χ0n) is 14.5. The summed E-state index contributed by atoms with van der Waals surface area (Å²) in [6, 6.07) is 15.3. The molecule has 0 N–H and O–H groups in total. The minimum atomic E-state index is -0.206. The molecular weight excluding hydrogens is 363 g/mol. The van der Waals surface area contributed by atoms with E-state index in [0.717, 1.165) is 20.8 Å². The van der Waals surface area contributed by atoms with Gasteiger partial charge in [-0.1, -0.05) is 42.0 Å². The van der Waals surface area contributed by atoms with Crippen LogP contribution in [0, 0.1) is 19.7 Å². The largest absolute Gasteiger partial charge is 0.229 e. The third kappa shape index (κ3) is 3.37. The summed E-state index contributed by atoms with van der Waals surface area (Å²) in [6.45, 7) is 4.22. The van der Waals surface area contributed by atoms with Gasteiger partial charge in [-0.2, -0.15) is 0 Å². The van der Waals surface area contributed by atoms with Gasteiger partial charge in [0, 0.05) is 16.2 Å². The van der Waals surface area contributed by atoms with E-state index >= 15 is 0 Å². The first kappa shape index (κ1) is 17.2. The van der Waals surface area contributed by atoms with Crippen LogP contribution < -0.4 is 0 Å². The van der Waals surface area contributed by atoms with E-state index in [0.29, 0.717) is 5.75 Å². The van der Waals surface area contributed by atoms with Gasteiger partial charge in [-0.05, 0) is 37.1 Å².